The van der Waals surface area contributed by atoms with Crippen LogP contribution >= 0.6 is 0 Å². The molecule has 2 fully saturated rings. The minimum absolute atomic E-state index is 0.0218. The first kappa shape index (κ1) is 18.5. The van der Waals surface area contributed by atoms with E-state index in [2.05, 4.69) is 0 Å². The maximum atomic E-state index is 14.5. The van der Waals surface area contributed by atoms with E-state index in [0.29, 0.717) is 23.3 Å². The Balaban J connectivity index is 1.46. The van der Waals surface area contributed by atoms with Crippen molar-refractivity contribution in [3.05, 3.63) is 70.0 Å². The lowest BCUT2D eigenvalue weighted by Gasteiger charge is -2.29. The topological polar surface area (TPSA) is 32.8 Å². The summed E-state index contributed by atoms with van der Waals surface area (Å²) in [4.78, 5) is 0. The van der Waals surface area contributed by atoms with Gasteiger partial charge >= 0.3 is 0 Å². The average molecular weight is 376 g/mol. The SMILES string of the molecule is CC(O)c1ccc(C2CCC(c3ccc(C4CO4)c(F)c3F)CC2)cc1F. The minimum atomic E-state index is -0.836. The molecule has 1 heterocycles. The molecule has 2 unspecified atom stereocenters. The fraction of sp³-hybridized carbons (Fsp3) is 0.455. The normalized spacial score (nSPS) is 26.0. The fourth-order valence-electron chi connectivity index (χ4n) is 4.24. The van der Waals surface area contributed by atoms with Crippen LogP contribution in [0.4, 0.5) is 13.2 Å². The van der Waals surface area contributed by atoms with Gasteiger partial charge in [0.25, 0.3) is 0 Å². The lowest BCUT2D eigenvalue weighted by Crippen LogP contribution is -2.14. The highest BCUT2D eigenvalue weighted by Crippen LogP contribution is 2.43. The molecule has 2 aromatic carbocycles. The van der Waals surface area contributed by atoms with Crippen LogP contribution in [0.2, 0.25) is 0 Å². The molecule has 1 aliphatic heterocycles. The maximum Gasteiger partial charge on any atom is 0.165 e. The van der Waals surface area contributed by atoms with Gasteiger partial charge in [0, 0.05) is 11.1 Å². The van der Waals surface area contributed by atoms with Gasteiger partial charge in [-0.15, -0.1) is 0 Å². The minimum Gasteiger partial charge on any atom is -0.389 e. The van der Waals surface area contributed by atoms with Crippen LogP contribution in [0.15, 0.2) is 30.3 Å². The number of benzene rings is 2. The second-order valence-corrected chi connectivity index (χ2v) is 7.70. The van der Waals surface area contributed by atoms with Crippen molar-refractivity contribution in [1.29, 1.82) is 0 Å². The van der Waals surface area contributed by atoms with Crippen LogP contribution in [0.5, 0.6) is 0 Å². The number of ether oxygens (including phenoxy) is 1. The number of hydrogen-bond donors (Lipinski definition) is 1. The standard InChI is InChI=1S/C22H23F3O2/c1-12(26)16-7-6-15(10-19(16)23)13-2-4-14(5-3-13)17-8-9-18(20-11-27-20)22(25)21(17)24/h6-10,12-14,20,26H,2-5,11H2,1H3. The van der Waals surface area contributed by atoms with Crippen molar-refractivity contribution in [2.75, 3.05) is 6.61 Å². The lowest BCUT2D eigenvalue weighted by atomic mass is 9.75. The second-order valence-electron chi connectivity index (χ2n) is 7.70. The summed E-state index contributed by atoms with van der Waals surface area (Å²) < 4.78 is 48.0. The smallest absolute Gasteiger partial charge is 0.165 e. The van der Waals surface area contributed by atoms with Gasteiger partial charge in [-0.2, -0.15) is 0 Å². The Kier molecular flexibility index (Phi) is 4.99. The van der Waals surface area contributed by atoms with Crippen molar-refractivity contribution in [3.8, 4) is 0 Å². The van der Waals surface area contributed by atoms with Crippen LogP contribution in [0.3, 0.4) is 0 Å². The van der Waals surface area contributed by atoms with Crippen LogP contribution in [-0.2, 0) is 4.74 Å². The highest BCUT2D eigenvalue weighted by atomic mass is 19.2. The zero-order valence-electron chi connectivity index (χ0n) is 15.2. The molecule has 5 heteroatoms. The van der Waals surface area contributed by atoms with E-state index in [1.807, 2.05) is 6.07 Å². The van der Waals surface area contributed by atoms with E-state index in [4.69, 9.17) is 4.74 Å². The molecule has 27 heavy (non-hydrogen) atoms. The van der Waals surface area contributed by atoms with Crippen LogP contribution in [0, 0.1) is 17.5 Å². The van der Waals surface area contributed by atoms with E-state index in [1.54, 1.807) is 18.2 Å². The molecule has 0 aromatic heterocycles. The summed E-state index contributed by atoms with van der Waals surface area (Å²) in [6, 6.07) is 8.33. The van der Waals surface area contributed by atoms with Gasteiger partial charge in [0.1, 0.15) is 11.9 Å². The highest BCUT2D eigenvalue weighted by Gasteiger charge is 2.32. The molecule has 1 aliphatic carbocycles. The molecule has 0 radical (unpaired) electrons. The summed E-state index contributed by atoms with van der Waals surface area (Å²) in [7, 11) is 0. The monoisotopic (exact) mass is 376 g/mol. The van der Waals surface area contributed by atoms with Gasteiger partial charge in [-0.1, -0.05) is 24.3 Å². The van der Waals surface area contributed by atoms with E-state index >= 15 is 0 Å². The third-order valence-electron chi connectivity index (χ3n) is 5.94. The molecule has 0 bridgehead atoms. The van der Waals surface area contributed by atoms with E-state index < -0.39 is 23.6 Å². The Morgan fingerprint density at radius 2 is 1.52 bits per heavy atom. The molecule has 1 saturated heterocycles. The van der Waals surface area contributed by atoms with E-state index in [9.17, 15) is 18.3 Å². The van der Waals surface area contributed by atoms with Gasteiger partial charge in [-0.05, 0) is 61.6 Å². The Morgan fingerprint density at radius 1 is 0.926 bits per heavy atom. The number of halogens is 3. The summed E-state index contributed by atoms with van der Waals surface area (Å²) in [6.45, 7) is 1.99. The van der Waals surface area contributed by atoms with Crippen LogP contribution in [-0.4, -0.2) is 11.7 Å². The van der Waals surface area contributed by atoms with Crippen molar-refractivity contribution >= 4 is 0 Å². The van der Waals surface area contributed by atoms with E-state index in [-0.39, 0.29) is 17.9 Å². The number of epoxide rings is 1. The first-order valence-corrected chi connectivity index (χ1v) is 9.52. The molecule has 1 saturated carbocycles. The Labute approximate surface area is 157 Å². The largest absolute Gasteiger partial charge is 0.389 e. The van der Waals surface area contributed by atoms with Crippen molar-refractivity contribution < 1.29 is 23.0 Å². The van der Waals surface area contributed by atoms with Crippen LogP contribution in [0.25, 0.3) is 0 Å². The van der Waals surface area contributed by atoms with E-state index in [0.717, 1.165) is 31.2 Å². The molecule has 0 amide bonds. The molecule has 1 N–H and O–H groups in total. The molecule has 144 valence electrons. The number of aliphatic hydroxyl groups excluding tert-OH is 1. The summed E-state index contributed by atoms with van der Waals surface area (Å²) >= 11 is 0. The van der Waals surface area contributed by atoms with Crippen molar-refractivity contribution in [2.24, 2.45) is 0 Å². The zero-order chi connectivity index (χ0) is 19.1. The van der Waals surface area contributed by atoms with Gasteiger partial charge in [0.2, 0.25) is 0 Å². The first-order chi connectivity index (χ1) is 13.0. The average Bonchev–Trinajstić information content (AvgIpc) is 3.49. The third-order valence-corrected chi connectivity index (χ3v) is 5.94. The summed E-state index contributed by atoms with van der Waals surface area (Å²) in [5.41, 5.74) is 1.94. The first-order valence-electron chi connectivity index (χ1n) is 9.52. The zero-order valence-corrected chi connectivity index (χ0v) is 15.2. The number of aliphatic hydroxyl groups is 1. The maximum absolute atomic E-state index is 14.5. The Hall–Kier alpha value is -1.85. The van der Waals surface area contributed by atoms with Crippen molar-refractivity contribution in [1.82, 2.24) is 0 Å². The van der Waals surface area contributed by atoms with Crippen molar-refractivity contribution in [2.45, 2.75) is 56.7 Å². The number of rotatable bonds is 4. The lowest BCUT2D eigenvalue weighted by molar-refractivity contribution is 0.194. The van der Waals surface area contributed by atoms with Gasteiger partial charge < -0.3 is 9.84 Å². The van der Waals surface area contributed by atoms with E-state index in [1.165, 1.54) is 13.0 Å². The van der Waals surface area contributed by atoms with Gasteiger partial charge in [-0.3, -0.25) is 0 Å². The molecule has 0 spiro atoms. The molecule has 4 rings (SSSR count). The predicted octanol–water partition coefficient (Wildman–Crippen LogP) is 5.67. The predicted molar refractivity (Wildman–Crippen MR) is 96.0 cm³/mol. The third kappa shape index (κ3) is 3.63. The van der Waals surface area contributed by atoms with Gasteiger partial charge in [0.05, 0.1) is 12.7 Å². The van der Waals surface area contributed by atoms with Gasteiger partial charge in [-0.25, -0.2) is 13.2 Å². The molecule has 2 aromatic rings. The summed E-state index contributed by atoms with van der Waals surface area (Å²) in [5.74, 6) is -1.75. The summed E-state index contributed by atoms with van der Waals surface area (Å²) in [5, 5.41) is 9.56. The quantitative estimate of drug-likeness (QED) is 0.698. The molecule has 2 aliphatic rings. The van der Waals surface area contributed by atoms with Gasteiger partial charge in [0.15, 0.2) is 11.6 Å². The van der Waals surface area contributed by atoms with Crippen LogP contribution in [0.1, 0.15) is 78.9 Å². The molecular formula is C22H23F3O2. The van der Waals surface area contributed by atoms with Crippen molar-refractivity contribution in [3.63, 3.8) is 0 Å². The highest BCUT2D eigenvalue weighted by molar-refractivity contribution is 5.33. The second kappa shape index (κ2) is 7.28. The summed E-state index contributed by atoms with van der Waals surface area (Å²) in [6.07, 6.45) is 1.93. The fourth-order valence-corrected chi connectivity index (χ4v) is 4.24. The molecular weight excluding hydrogens is 353 g/mol. The number of hydrogen-bond acceptors (Lipinski definition) is 2. The molecule has 2 atom stereocenters. The Bertz CT molecular complexity index is 838. The molecule has 2 nitrogen and oxygen atoms in total. The van der Waals surface area contributed by atoms with Crippen LogP contribution < -0.4 is 0 Å². The Morgan fingerprint density at radius 3 is 2.11 bits per heavy atom.